The molecule has 0 spiro atoms. The van der Waals surface area contributed by atoms with Crippen LogP contribution in [-0.2, 0) is 15.9 Å². The quantitative estimate of drug-likeness (QED) is 0.834. The first-order chi connectivity index (χ1) is 9.30. The van der Waals surface area contributed by atoms with E-state index in [4.69, 9.17) is 9.47 Å². The van der Waals surface area contributed by atoms with Crippen LogP contribution in [-0.4, -0.2) is 38.5 Å². The van der Waals surface area contributed by atoms with E-state index >= 15 is 0 Å². The Hall–Kier alpha value is -0.420. The molecular formula is C15H25NO2S. The van der Waals surface area contributed by atoms with Crippen LogP contribution in [0.2, 0.25) is 0 Å². The van der Waals surface area contributed by atoms with Crippen LogP contribution >= 0.6 is 11.3 Å². The van der Waals surface area contributed by atoms with Crippen LogP contribution in [0.1, 0.15) is 31.7 Å². The van der Waals surface area contributed by atoms with Gasteiger partial charge < -0.3 is 14.8 Å². The van der Waals surface area contributed by atoms with Gasteiger partial charge in [0.25, 0.3) is 0 Å². The van der Waals surface area contributed by atoms with Crippen molar-refractivity contribution in [2.45, 2.75) is 44.2 Å². The smallest absolute Gasteiger partial charge is 0.0878 e. The maximum atomic E-state index is 6.15. The Bertz CT molecular complexity index is 342. The Kier molecular flexibility index (Phi) is 5.82. The molecule has 0 saturated carbocycles. The van der Waals surface area contributed by atoms with Crippen molar-refractivity contribution in [1.29, 1.82) is 0 Å². The van der Waals surface area contributed by atoms with Crippen LogP contribution in [0.5, 0.6) is 0 Å². The van der Waals surface area contributed by atoms with E-state index in [0.29, 0.717) is 6.04 Å². The Morgan fingerprint density at radius 2 is 2.26 bits per heavy atom. The second-order valence-electron chi connectivity index (χ2n) is 5.12. The summed E-state index contributed by atoms with van der Waals surface area (Å²) in [4.78, 5) is 0. The van der Waals surface area contributed by atoms with Crippen LogP contribution < -0.4 is 5.32 Å². The fraction of sp³-hybridized carbons (Fsp3) is 0.733. The molecule has 2 heterocycles. The molecular weight excluding hydrogens is 258 g/mol. The van der Waals surface area contributed by atoms with Crippen LogP contribution in [0.4, 0.5) is 0 Å². The lowest BCUT2D eigenvalue weighted by molar-refractivity contribution is -0.126. The van der Waals surface area contributed by atoms with Gasteiger partial charge in [-0.2, -0.15) is 11.3 Å². The molecule has 0 amide bonds. The fourth-order valence-corrected chi connectivity index (χ4v) is 3.72. The first-order valence-electron chi connectivity index (χ1n) is 7.21. The van der Waals surface area contributed by atoms with E-state index in [-0.39, 0.29) is 5.60 Å². The maximum Gasteiger partial charge on any atom is 0.0878 e. The van der Waals surface area contributed by atoms with E-state index in [9.17, 15) is 0 Å². The third-order valence-electron chi connectivity index (χ3n) is 4.06. The minimum atomic E-state index is -0.0439. The summed E-state index contributed by atoms with van der Waals surface area (Å²) in [6.45, 7) is 4.49. The van der Waals surface area contributed by atoms with Gasteiger partial charge in [0.1, 0.15) is 0 Å². The molecule has 1 aromatic heterocycles. The van der Waals surface area contributed by atoms with Crippen molar-refractivity contribution in [3.05, 3.63) is 22.4 Å². The molecule has 0 radical (unpaired) electrons. The molecule has 1 N–H and O–H groups in total. The number of hydrogen-bond donors (Lipinski definition) is 1. The number of nitrogens with one attached hydrogen (secondary N) is 1. The number of likely N-dealkylation sites (N-methyl/N-ethyl adjacent to an activating group) is 1. The number of aryl methyl sites for hydroxylation is 1. The van der Waals surface area contributed by atoms with Crippen molar-refractivity contribution in [3.63, 3.8) is 0 Å². The van der Waals surface area contributed by atoms with Crippen LogP contribution in [0.25, 0.3) is 0 Å². The first kappa shape index (κ1) is 15.0. The zero-order valence-electron chi connectivity index (χ0n) is 12.0. The highest BCUT2D eigenvalue weighted by molar-refractivity contribution is 7.07. The van der Waals surface area contributed by atoms with Gasteiger partial charge in [-0.05, 0) is 49.2 Å². The standard InChI is InChI=1S/C15H25NO2S/c1-3-18-15(7-9-17-10-8-15)14(16-2)5-4-13-6-11-19-12-13/h6,11-12,14,16H,3-5,7-10H2,1-2H3. The molecule has 1 atom stereocenters. The summed E-state index contributed by atoms with van der Waals surface area (Å²) in [7, 11) is 2.05. The van der Waals surface area contributed by atoms with Crippen LogP contribution in [0.3, 0.4) is 0 Å². The van der Waals surface area contributed by atoms with Gasteiger partial charge in [0, 0.05) is 38.7 Å². The number of ether oxygens (including phenoxy) is 2. The van der Waals surface area contributed by atoms with Gasteiger partial charge in [0.2, 0.25) is 0 Å². The Labute approximate surface area is 120 Å². The van der Waals surface area contributed by atoms with E-state index in [1.165, 1.54) is 5.56 Å². The largest absolute Gasteiger partial charge is 0.381 e. The number of thiophene rings is 1. The minimum Gasteiger partial charge on any atom is -0.381 e. The summed E-state index contributed by atoms with van der Waals surface area (Å²) >= 11 is 1.77. The van der Waals surface area contributed by atoms with E-state index in [1.54, 1.807) is 11.3 Å². The molecule has 0 aliphatic carbocycles. The monoisotopic (exact) mass is 283 g/mol. The van der Waals surface area contributed by atoms with Gasteiger partial charge in [0.15, 0.2) is 0 Å². The van der Waals surface area contributed by atoms with Crippen molar-refractivity contribution < 1.29 is 9.47 Å². The first-order valence-corrected chi connectivity index (χ1v) is 8.15. The van der Waals surface area contributed by atoms with Crippen LogP contribution in [0.15, 0.2) is 16.8 Å². The third kappa shape index (κ3) is 3.78. The topological polar surface area (TPSA) is 30.5 Å². The molecule has 1 aliphatic rings. The number of hydrogen-bond acceptors (Lipinski definition) is 4. The summed E-state index contributed by atoms with van der Waals surface area (Å²) in [5.41, 5.74) is 1.39. The van der Waals surface area contributed by atoms with Crippen molar-refractivity contribution in [3.8, 4) is 0 Å². The molecule has 1 saturated heterocycles. The van der Waals surface area contributed by atoms with Gasteiger partial charge in [-0.25, -0.2) is 0 Å². The molecule has 4 heteroatoms. The lowest BCUT2D eigenvalue weighted by Gasteiger charge is -2.43. The van der Waals surface area contributed by atoms with Gasteiger partial charge in [0.05, 0.1) is 5.60 Å². The van der Waals surface area contributed by atoms with Gasteiger partial charge in [-0.1, -0.05) is 0 Å². The Balaban J connectivity index is 1.99. The van der Waals surface area contributed by atoms with Gasteiger partial charge in [-0.3, -0.25) is 0 Å². The summed E-state index contributed by atoms with van der Waals surface area (Å²) < 4.78 is 11.7. The van der Waals surface area contributed by atoms with Crippen LogP contribution in [0, 0.1) is 0 Å². The molecule has 0 aromatic carbocycles. The third-order valence-corrected chi connectivity index (χ3v) is 4.79. The SMILES string of the molecule is CCOC1(C(CCc2ccsc2)NC)CCOCC1. The Morgan fingerprint density at radius 1 is 1.47 bits per heavy atom. The molecule has 1 aromatic rings. The van der Waals surface area contributed by atoms with Gasteiger partial charge >= 0.3 is 0 Å². The number of rotatable bonds is 7. The minimum absolute atomic E-state index is 0.0439. The van der Waals surface area contributed by atoms with Crippen molar-refractivity contribution in [1.82, 2.24) is 5.32 Å². The molecule has 0 bridgehead atoms. The van der Waals surface area contributed by atoms with Crippen molar-refractivity contribution in [2.24, 2.45) is 0 Å². The normalized spacial score (nSPS) is 20.3. The van der Waals surface area contributed by atoms with Crippen molar-refractivity contribution in [2.75, 3.05) is 26.9 Å². The van der Waals surface area contributed by atoms with E-state index < -0.39 is 0 Å². The van der Waals surface area contributed by atoms with E-state index in [1.807, 2.05) is 0 Å². The molecule has 3 nitrogen and oxygen atoms in total. The van der Waals surface area contributed by atoms with E-state index in [0.717, 1.165) is 45.5 Å². The summed E-state index contributed by atoms with van der Waals surface area (Å²) in [5.74, 6) is 0. The molecule has 108 valence electrons. The highest BCUT2D eigenvalue weighted by Gasteiger charge is 2.40. The zero-order valence-corrected chi connectivity index (χ0v) is 12.8. The predicted molar refractivity (Wildman–Crippen MR) is 79.9 cm³/mol. The zero-order chi connectivity index (χ0) is 13.6. The summed E-state index contributed by atoms with van der Waals surface area (Å²) in [6, 6.07) is 2.62. The summed E-state index contributed by atoms with van der Waals surface area (Å²) in [6.07, 6.45) is 4.23. The second kappa shape index (κ2) is 7.39. The highest BCUT2D eigenvalue weighted by atomic mass is 32.1. The Morgan fingerprint density at radius 3 is 2.84 bits per heavy atom. The maximum absolute atomic E-state index is 6.15. The molecule has 2 rings (SSSR count). The molecule has 19 heavy (non-hydrogen) atoms. The van der Waals surface area contributed by atoms with E-state index in [2.05, 4.69) is 36.1 Å². The molecule has 1 fully saturated rings. The lowest BCUT2D eigenvalue weighted by atomic mass is 9.83. The predicted octanol–water partition coefficient (Wildman–Crippen LogP) is 2.85. The second-order valence-corrected chi connectivity index (χ2v) is 5.90. The fourth-order valence-electron chi connectivity index (χ4n) is 3.01. The molecule has 1 unspecified atom stereocenters. The average molecular weight is 283 g/mol. The lowest BCUT2D eigenvalue weighted by Crippen LogP contribution is -2.54. The van der Waals surface area contributed by atoms with Crippen molar-refractivity contribution >= 4 is 11.3 Å². The molecule has 1 aliphatic heterocycles. The van der Waals surface area contributed by atoms with Gasteiger partial charge in [-0.15, -0.1) is 0 Å². The summed E-state index contributed by atoms with van der Waals surface area (Å²) in [5, 5.41) is 7.87. The average Bonchev–Trinajstić information content (AvgIpc) is 2.94. The highest BCUT2D eigenvalue weighted by Crippen LogP contribution is 2.31.